The summed E-state index contributed by atoms with van der Waals surface area (Å²) in [4.78, 5) is 26.5. The van der Waals surface area contributed by atoms with Crippen LogP contribution in [0.25, 0.3) is 0 Å². The van der Waals surface area contributed by atoms with E-state index in [1.165, 1.54) is 30.2 Å². The molecule has 3 aromatic carbocycles. The normalized spacial score (nSPS) is 14.9. The number of amides is 1. The molecule has 0 aromatic heterocycles. The first-order chi connectivity index (χ1) is 16.8. The second-order valence-electron chi connectivity index (χ2n) is 7.79. The number of methoxy groups -OCH3 is 1. The lowest BCUT2D eigenvalue weighted by atomic mass is 10.2. The highest BCUT2D eigenvalue weighted by atomic mass is 32.2. The van der Waals surface area contributed by atoms with Gasteiger partial charge in [-0.25, -0.2) is 13.2 Å². The molecule has 35 heavy (non-hydrogen) atoms. The van der Waals surface area contributed by atoms with E-state index in [1.54, 1.807) is 61.5 Å². The number of ether oxygens (including phenoxy) is 3. The Labute approximate surface area is 203 Å². The topological polar surface area (TPSA) is 111 Å². The maximum atomic E-state index is 13.0. The van der Waals surface area contributed by atoms with E-state index in [4.69, 9.17) is 14.2 Å². The molecule has 1 atom stereocenters. The summed E-state index contributed by atoms with van der Waals surface area (Å²) >= 11 is 0. The molecular weight excluding hydrogens is 472 g/mol. The van der Waals surface area contributed by atoms with Crippen molar-refractivity contribution in [3.63, 3.8) is 0 Å². The Kier molecular flexibility index (Phi) is 6.92. The summed E-state index contributed by atoms with van der Waals surface area (Å²) in [7, 11) is -2.54. The zero-order valence-electron chi connectivity index (χ0n) is 19.1. The number of carbonyl (C=O) groups excluding carboxylic acids is 2. The van der Waals surface area contributed by atoms with Crippen LogP contribution in [0.2, 0.25) is 0 Å². The summed E-state index contributed by atoms with van der Waals surface area (Å²) in [6, 6.07) is 19.8. The molecule has 0 saturated carbocycles. The summed E-state index contributed by atoms with van der Waals surface area (Å²) in [6.45, 7) is 1.35. The van der Waals surface area contributed by atoms with Gasteiger partial charge in [0.25, 0.3) is 15.9 Å². The fourth-order valence-electron chi connectivity index (χ4n) is 3.61. The minimum absolute atomic E-state index is 0.0206. The third-order valence-corrected chi connectivity index (χ3v) is 6.75. The van der Waals surface area contributed by atoms with Crippen LogP contribution in [0.1, 0.15) is 5.56 Å². The average molecular weight is 497 g/mol. The minimum atomic E-state index is -3.79. The van der Waals surface area contributed by atoms with Crippen LogP contribution >= 0.6 is 0 Å². The molecule has 1 aliphatic heterocycles. The van der Waals surface area contributed by atoms with Crippen LogP contribution in [0.5, 0.6) is 11.5 Å². The molecular formula is C25H24N2O7S. The summed E-state index contributed by atoms with van der Waals surface area (Å²) in [6.07, 6.45) is -0.956. The lowest BCUT2D eigenvalue weighted by Crippen LogP contribution is -2.48. The zero-order chi connectivity index (χ0) is 25.0. The van der Waals surface area contributed by atoms with Crippen molar-refractivity contribution < 1.29 is 32.2 Å². The van der Waals surface area contributed by atoms with Crippen molar-refractivity contribution in [2.45, 2.75) is 17.9 Å². The van der Waals surface area contributed by atoms with Gasteiger partial charge in [0.15, 0.2) is 6.61 Å². The summed E-state index contributed by atoms with van der Waals surface area (Å²) in [5.74, 6) is -0.228. The molecule has 0 unspecified atom stereocenters. The van der Waals surface area contributed by atoms with E-state index in [1.807, 2.05) is 0 Å². The molecule has 0 saturated heterocycles. The van der Waals surface area contributed by atoms with E-state index in [0.717, 1.165) is 0 Å². The largest absolute Gasteiger partial charge is 0.483 e. The number of aryl methyl sites for hydroxylation is 1. The highest BCUT2D eigenvalue weighted by Crippen LogP contribution is 2.33. The molecule has 0 radical (unpaired) electrons. The molecule has 0 fully saturated rings. The Hall–Kier alpha value is -4.05. The van der Waals surface area contributed by atoms with E-state index in [2.05, 4.69) is 4.72 Å². The van der Waals surface area contributed by atoms with Crippen LogP contribution in [0.4, 0.5) is 11.4 Å². The lowest BCUT2D eigenvalue weighted by molar-refractivity contribution is -0.148. The number of hydrogen-bond donors (Lipinski definition) is 1. The SMILES string of the molecule is COC(=O)[C@H]1CN(C(=O)COc2ccc(S(=O)(=O)Nc3ccccc3)cc2C)c2ccccc2O1. The van der Waals surface area contributed by atoms with Crippen molar-refractivity contribution in [1.82, 2.24) is 0 Å². The highest BCUT2D eigenvalue weighted by molar-refractivity contribution is 7.92. The van der Waals surface area contributed by atoms with Crippen molar-refractivity contribution >= 4 is 33.3 Å². The quantitative estimate of drug-likeness (QED) is 0.500. The number of benzene rings is 3. The number of hydrogen-bond acceptors (Lipinski definition) is 7. The van der Waals surface area contributed by atoms with Crippen LogP contribution in [-0.4, -0.2) is 46.7 Å². The molecule has 10 heteroatoms. The number of nitrogens with zero attached hydrogens (tertiary/aromatic N) is 1. The zero-order valence-corrected chi connectivity index (χ0v) is 19.9. The van der Waals surface area contributed by atoms with Crippen LogP contribution in [0, 0.1) is 6.92 Å². The number of anilines is 2. The maximum Gasteiger partial charge on any atom is 0.348 e. The van der Waals surface area contributed by atoms with Crippen molar-refractivity contribution in [3.05, 3.63) is 78.4 Å². The van der Waals surface area contributed by atoms with E-state index in [-0.39, 0.29) is 18.0 Å². The third kappa shape index (κ3) is 5.38. The van der Waals surface area contributed by atoms with Crippen molar-refractivity contribution in [2.75, 3.05) is 29.9 Å². The molecule has 1 heterocycles. The maximum absolute atomic E-state index is 13.0. The van der Waals surface area contributed by atoms with Gasteiger partial charge in [0.05, 0.1) is 24.2 Å². The smallest absolute Gasteiger partial charge is 0.348 e. The molecule has 1 aliphatic rings. The summed E-state index contributed by atoms with van der Waals surface area (Å²) in [5.41, 5.74) is 1.52. The first-order valence-electron chi connectivity index (χ1n) is 10.7. The Morgan fingerprint density at radius 3 is 2.49 bits per heavy atom. The predicted molar refractivity (Wildman–Crippen MR) is 129 cm³/mol. The minimum Gasteiger partial charge on any atom is -0.483 e. The van der Waals surface area contributed by atoms with Crippen LogP contribution in [0.3, 0.4) is 0 Å². The number of fused-ring (bicyclic) bond motifs is 1. The van der Waals surface area contributed by atoms with Crippen LogP contribution in [0.15, 0.2) is 77.7 Å². The van der Waals surface area contributed by atoms with Crippen LogP contribution < -0.4 is 19.1 Å². The number of nitrogens with one attached hydrogen (secondary N) is 1. The van der Waals surface area contributed by atoms with Gasteiger partial charge < -0.3 is 19.1 Å². The highest BCUT2D eigenvalue weighted by Gasteiger charge is 2.34. The van der Waals surface area contributed by atoms with Gasteiger partial charge in [-0.1, -0.05) is 30.3 Å². The molecule has 1 N–H and O–H groups in total. The Morgan fingerprint density at radius 1 is 1.06 bits per heavy atom. The second kappa shape index (κ2) is 10.1. The van der Waals surface area contributed by atoms with Gasteiger partial charge in [-0.05, 0) is 55.0 Å². The fourth-order valence-corrected chi connectivity index (χ4v) is 4.76. The molecule has 0 bridgehead atoms. The van der Waals surface area contributed by atoms with Gasteiger partial charge >= 0.3 is 5.97 Å². The molecule has 0 aliphatic carbocycles. The Balaban J connectivity index is 1.47. The van der Waals surface area contributed by atoms with Gasteiger partial charge in [-0.15, -0.1) is 0 Å². The van der Waals surface area contributed by atoms with Crippen molar-refractivity contribution in [1.29, 1.82) is 0 Å². The summed E-state index contributed by atoms with van der Waals surface area (Å²) in [5, 5.41) is 0. The molecule has 9 nitrogen and oxygen atoms in total. The number of para-hydroxylation sites is 3. The molecule has 3 aromatic rings. The predicted octanol–water partition coefficient (Wildman–Crippen LogP) is 3.14. The van der Waals surface area contributed by atoms with Gasteiger partial charge in [0.1, 0.15) is 11.5 Å². The van der Waals surface area contributed by atoms with Gasteiger partial charge in [0, 0.05) is 5.69 Å². The van der Waals surface area contributed by atoms with Gasteiger partial charge in [0.2, 0.25) is 6.10 Å². The lowest BCUT2D eigenvalue weighted by Gasteiger charge is -2.33. The standard InChI is InChI=1S/C25H24N2O7S/c1-17-14-19(35(30,31)26-18-8-4-3-5-9-18)12-13-21(17)33-16-24(28)27-15-23(25(29)32-2)34-22-11-7-6-10-20(22)27/h3-14,23,26H,15-16H2,1-2H3/t23-/m1/s1. The van der Waals surface area contributed by atoms with Crippen molar-refractivity contribution in [3.8, 4) is 11.5 Å². The number of sulfonamides is 1. The van der Waals surface area contributed by atoms with Crippen molar-refractivity contribution in [2.24, 2.45) is 0 Å². The number of rotatable bonds is 7. The third-order valence-electron chi connectivity index (χ3n) is 5.37. The van der Waals surface area contributed by atoms with E-state index >= 15 is 0 Å². The van der Waals surface area contributed by atoms with E-state index in [0.29, 0.717) is 28.4 Å². The first kappa shape index (κ1) is 24.1. The second-order valence-corrected chi connectivity index (χ2v) is 9.47. The van der Waals surface area contributed by atoms with E-state index < -0.39 is 28.0 Å². The van der Waals surface area contributed by atoms with Gasteiger partial charge in [-0.2, -0.15) is 0 Å². The fraction of sp³-hybridized carbons (Fsp3) is 0.200. The number of carbonyl (C=O) groups is 2. The first-order valence-corrected chi connectivity index (χ1v) is 12.2. The van der Waals surface area contributed by atoms with Gasteiger partial charge in [-0.3, -0.25) is 9.52 Å². The van der Waals surface area contributed by atoms with E-state index in [9.17, 15) is 18.0 Å². The monoisotopic (exact) mass is 496 g/mol. The summed E-state index contributed by atoms with van der Waals surface area (Å²) < 4.78 is 44.1. The Morgan fingerprint density at radius 2 is 1.77 bits per heavy atom. The molecule has 4 rings (SSSR count). The molecule has 182 valence electrons. The van der Waals surface area contributed by atoms with Crippen LogP contribution in [-0.2, 0) is 24.3 Å². The number of esters is 1. The Bertz CT molecular complexity index is 1340. The molecule has 0 spiro atoms. The average Bonchev–Trinajstić information content (AvgIpc) is 2.86. The molecule has 1 amide bonds.